The summed E-state index contributed by atoms with van der Waals surface area (Å²) in [5, 5.41) is 3.38. The van der Waals surface area contributed by atoms with Crippen LogP contribution >= 0.6 is 7.92 Å². The van der Waals surface area contributed by atoms with Crippen molar-refractivity contribution in [2.75, 3.05) is 0 Å². The van der Waals surface area contributed by atoms with Crippen molar-refractivity contribution in [1.82, 2.24) is 0 Å². The fraction of sp³-hybridized carbons (Fsp3) is 0.0870. The molecule has 7 aromatic rings. The van der Waals surface area contributed by atoms with Crippen LogP contribution in [0.4, 0.5) is 0 Å². The second-order valence-electron chi connectivity index (χ2n) is 12.1. The monoisotopic (exact) mass is 686 g/mol. The molecule has 51 heavy (non-hydrogen) atoms. The van der Waals surface area contributed by atoms with Crippen molar-refractivity contribution in [3.63, 3.8) is 0 Å². The van der Waals surface area contributed by atoms with Crippen molar-refractivity contribution >= 4 is 23.8 Å². The zero-order valence-electron chi connectivity index (χ0n) is 28.3. The molecule has 7 aromatic carbocycles. The first-order valence-corrected chi connectivity index (χ1v) is 18.4. The molecule has 0 N–H and O–H groups in total. The highest BCUT2D eigenvalue weighted by molar-refractivity contribution is 7.79. The molecule has 0 aliphatic carbocycles. The molecular weight excluding hydrogens is 647 g/mol. The minimum absolute atomic E-state index is 0.450. The van der Waals surface area contributed by atoms with E-state index < -0.39 is 7.92 Å². The lowest BCUT2D eigenvalue weighted by Crippen LogP contribution is -2.21. The van der Waals surface area contributed by atoms with Gasteiger partial charge in [-0.15, -0.1) is 0 Å². The van der Waals surface area contributed by atoms with Crippen molar-refractivity contribution in [2.45, 2.75) is 26.4 Å². The van der Waals surface area contributed by atoms with Crippen LogP contribution < -0.4 is 34.9 Å². The van der Waals surface area contributed by atoms with E-state index in [1.165, 1.54) is 5.30 Å². The highest BCUT2D eigenvalue weighted by Crippen LogP contribution is 2.39. The maximum atomic E-state index is 6.45. The first-order chi connectivity index (χ1) is 25.2. The van der Waals surface area contributed by atoms with E-state index in [1.54, 1.807) is 0 Å². The first-order valence-electron chi connectivity index (χ1n) is 17.1. The summed E-state index contributed by atoms with van der Waals surface area (Å²) in [6.07, 6.45) is 0. The topological polar surface area (TPSA) is 36.9 Å². The van der Waals surface area contributed by atoms with Crippen LogP contribution in [0, 0.1) is 0 Å². The van der Waals surface area contributed by atoms with E-state index in [0.717, 1.165) is 55.9 Å². The Morgan fingerprint density at radius 1 is 0.275 bits per heavy atom. The summed E-state index contributed by atoms with van der Waals surface area (Å²) in [5.74, 6) is 3.00. The molecule has 0 bridgehead atoms. The van der Waals surface area contributed by atoms with Crippen LogP contribution in [0.5, 0.6) is 23.0 Å². The van der Waals surface area contributed by atoms with Gasteiger partial charge in [-0.2, -0.15) is 0 Å². The largest absolute Gasteiger partial charge is 0.489 e. The standard InChI is InChI=1S/C46H39O4P/c1-6-16-36(17-7-1)32-47-40-26-41(48-33-37-18-8-2-9-19-37)29-45(28-40)51(44-24-14-5-15-25-44)46-30-42(49-34-38-20-10-3-11-21-38)27-43(31-46)50-35-39-22-12-4-13-23-39/h1-31H,32-35H2. The Kier molecular flexibility index (Phi) is 11.4. The molecule has 0 unspecified atom stereocenters. The number of ether oxygens (including phenoxy) is 4. The minimum atomic E-state index is -1.09. The van der Waals surface area contributed by atoms with Crippen molar-refractivity contribution in [2.24, 2.45) is 0 Å². The summed E-state index contributed by atoms with van der Waals surface area (Å²) in [4.78, 5) is 0. The van der Waals surface area contributed by atoms with Crippen molar-refractivity contribution in [3.05, 3.63) is 210 Å². The van der Waals surface area contributed by atoms with Gasteiger partial charge >= 0.3 is 0 Å². The molecule has 5 heteroatoms. The molecule has 0 spiro atoms. The SMILES string of the molecule is c1ccc(COc2cc(OCc3ccccc3)cc(P(c3ccccc3)c3cc(OCc4ccccc4)cc(OCc4ccccc4)c3)c2)cc1. The molecule has 0 aliphatic heterocycles. The van der Waals surface area contributed by atoms with E-state index in [4.69, 9.17) is 18.9 Å². The molecule has 0 saturated heterocycles. The van der Waals surface area contributed by atoms with Gasteiger partial charge in [0.25, 0.3) is 0 Å². The summed E-state index contributed by atoms with van der Waals surface area (Å²) < 4.78 is 25.8. The second-order valence-corrected chi connectivity index (χ2v) is 14.3. The fourth-order valence-electron chi connectivity index (χ4n) is 5.69. The molecule has 0 amide bonds. The zero-order valence-corrected chi connectivity index (χ0v) is 29.2. The average molecular weight is 687 g/mol. The third-order valence-electron chi connectivity index (χ3n) is 8.25. The lowest BCUT2D eigenvalue weighted by Gasteiger charge is -2.23. The Morgan fingerprint density at radius 2 is 0.529 bits per heavy atom. The molecule has 0 radical (unpaired) electrons. The van der Waals surface area contributed by atoms with Crippen LogP contribution in [0.15, 0.2) is 188 Å². The second kappa shape index (κ2) is 17.2. The maximum Gasteiger partial charge on any atom is 0.124 e. The molecule has 0 aromatic heterocycles. The first kappa shape index (κ1) is 33.7. The predicted octanol–water partition coefficient (Wildman–Crippen LogP) is 9.76. The third kappa shape index (κ3) is 9.66. The molecule has 4 nitrogen and oxygen atoms in total. The van der Waals surface area contributed by atoms with Gasteiger partial charge in [0.1, 0.15) is 49.4 Å². The van der Waals surface area contributed by atoms with E-state index in [2.05, 4.69) is 103 Å². The normalized spacial score (nSPS) is 10.8. The van der Waals surface area contributed by atoms with Gasteiger partial charge in [0, 0.05) is 12.1 Å². The van der Waals surface area contributed by atoms with Gasteiger partial charge in [-0.1, -0.05) is 152 Å². The van der Waals surface area contributed by atoms with Crippen LogP contribution in [-0.4, -0.2) is 0 Å². The highest BCUT2D eigenvalue weighted by atomic mass is 31.1. The van der Waals surface area contributed by atoms with Crippen LogP contribution in [-0.2, 0) is 26.4 Å². The van der Waals surface area contributed by atoms with Crippen molar-refractivity contribution in [1.29, 1.82) is 0 Å². The Balaban J connectivity index is 1.28. The fourth-order valence-corrected chi connectivity index (χ4v) is 8.08. The van der Waals surface area contributed by atoms with Gasteiger partial charge in [-0.25, -0.2) is 0 Å². The minimum Gasteiger partial charge on any atom is -0.489 e. The van der Waals surface area contributed by atoms with Crippen LogP contribution in [0.1, 0.15) is 22.3 Å². The Bertz CT molecular complexity index is 1830. The third-order valence-corrected chi connectivity index (χ3v) is 10.6. The van der Waals surface area contributed by atoms with E-state index in [1.807, 2.05) is 84.9 Å². The number of benzene rings is 7. The predicted molar refractivity (Wildman–Crippen MR) is 208 cm³/mol. The molecule has 0 atom stereocenters. The summed E-state index contributed by atoms with van der Waals surface area (Å²) in [5.41, 5.74) is 4.40. The molecule has 0 saturated carbocycles. The molecule has 0 heterocycles. The van der Waals surface area contributed by atoms with Gasteiger partial charge in [0.05, 0.1) is 0 Å². The van der Waals surface area contributed by atoms with Crippen molar-refractivity contribution < 1.29 is 18.9 Å². The van der Waals surface area contributed by atoms with E-state index >= 15 is 0 Å². The smallest absolute Gasteiger partial charge is 0.124 e. The van der Waals surface area contributed by atoms with Gasteiger partial charge in [-0.05, 0) is 70.4 Å². The molecule has 0 aliphatic rings. The lowest BCUT2D eigenvalue weighted by atomic mass is 10.2. The van der Waals surface area contributed by atoms with Gasteiger partial charge in [0.15, 0.2) is 0 Å². The summed E-state index contributed by atoms with van der Waals surface area (Å²) in [7, 11) is -1.09. The number of rotatable bonds is 15. The van der Waals surface area contributed by atoms with Gasteiger partial charge in [-0.3, -0.25) is 0 Å². The number of hydrogen-bond acceptors (Lipinski definition) is 4. The highest BCUT2D eigenvalue weighted by Gasteiger charge is 2.21. The Morgan fingerprint density at radius 3 is 0.804 bits per heavy atom. The van der Waals surface area contributed by atoms with E-state index in [9.17, 15) is 0 Å². The van der Waals surface area contributed by atoms with Crippen LogP contribution in [0.25, 0.3) is 0 Å². The van der Waals surface area contributed by atoms with Crippen molar-refractivity contribution in [3.8, 4) is 23.0 Å². The van der Waals surface area contributed by atoms with E-state index in [0.29, 0.717) is 26.4 Å². The molecular formula is C46H39O4P. The average Bonchev–Trinajstić information content (AvgIpc) is 3.20. The van der Waals surface area contributed by atoms with Crippen LogP contribution in [0.2, 0.25) is 0 Å². The van der Waals surface area contributed by atoms with E-state index in [-0.39, 0.29) is 0 Å². The quantitative estimate of drug-likeness (QED) is 0.101. The summed E-state index contributed by atoms with van der Waals surface area (Å²) in [6, 6.07) is 64.1. The maximum absolute atomic E-state index is 6.45. The van der Waals surface area contributed by atoms with Gasteiger partial charge in [0.2, 0.25) is 0 Å². The lowest BCUT2D eigenvalue weighted by molar-refractivity contribution is 0.290. The van der Waals surface area contributed by atoms with Gasteiger partial charge < -0.3 is 18.9 Å². The summed E-state index contributed by atoms with van der Waals surface area (Å²) in [6.45, 7) is 1.80. The molecule has 7 rings (SSSR count). The Hall–Kier alpha value is -5.83. The zero-order chi connectivity index (χ0) is 34.5. The molecule has 252 valence electrons. The van der Waals surface area contributed by atoms with Crippen LogP contribution in [0.3, 0.4) is 0 Å². The summed E-state index contributed by atoms with van der Waals surface area (Å²) >= 11 is 0. The molecule has 0 fully saturated rings. The Labute approximate surface area is 301 Å². The number of hydrogen-bond donors (Lipinski definition) is 0.